The van der Waals surface area contributed by atoms with Gasteiger partial charge in [0.1, 0.15) is 5.82 Å². The molecule has 4 heteroatoms. The molecule has 2 N–H and O–H groups in total. The van der Waals surface area contributed by atoms with Gasteiger partial charge in [0.15, 0.2) is 0 Å². The standard InChI is InChI=1S/C12H12N2O2/c1-16-11(15)6-8-7-14-12(13)10-5-3-2-4-9(8)10/h2-5,7H,6H2,1H3,(H2,13,14). The number of aromatic nitrogens is 1. The number of benzene rings is 1. The summed E-state index contributed by atoms with van der Waals surface area (Å²) in [6, 6.07) is 7.61. The van der Waals surface area contributed by atoms with Crippen molar-refractivity contribution in [3.05, 3.63) is 36.0 Å². The number of hydrogen-bond acceptors (Lipinski definition) is 4. The molecule has 0 spiro atoms. The summed E-state index contributed by atoms with van der Waals surface area (Å²) in [7, 11) is 1.37. The summed E-state index contributed by atoms with van der Waals surface area (Å²) in [5.74, 6) is 0.195. The Kier molecular flexibility index (Phi) is 2.72. The normalized spacial score (nSPS) is 10.3. The van der Waals surface area contributed by atoms with Gasteiger partial charge in [-0.05, 0) is 10.9 Å². The van der Waals surface area contributed by atoms with Crippen molar-refractivity contribution in [2.24, 2.45) is 0 Å². The number of carbonyl (C=O) groups excluding carboxylic acids is 1. The van der Waals surface area contributed by atoms with Gasteiger partial charge in [0.05, 0.1) is 13.5 Å². The first-order valence-corrected chi connectivity index (χ1v) is 4.91. The van der Waals surface area contributed by atoms with Crippen LogP contribution in [0.4, 0.5) is 5.82 Å². The summed E-state index contributed by atoms with van der Waals surface area (Å²) in [6.45, 7) is 0. The second-order valence-corrected chi connectivity index (χ2v) is 3.47. The molecule has 0 saturated carbocycles. The van der Waals surface area contributed by atoms with Crippen LogP contribution in [0.1, 0.15) is 5.56 Å². The molecule has 0 radical (unpaired) electrons. The van der Waals surface area contributed by atoms with Gasteiger partial charge >= 0.3 is 5.97 Å². The predicted molar refractivity (Wildman–Crippen MR) is 61.9 cm³/mol. The van der Waals surface area contributed by atoms with Crippen molar-refractivity contribution in [2.45, 2.75) is 6.42 Å². The Balaban J connectivity index is 2.54. The molecule has 2 aromatic rings. The van der Waals surface area contributed by atoms with E-state index in [2.05, 4.69) is 9.72 Å². The summed E-state index contributed by atoms with van der Waals surface area (Å²) in [6.07, 6.45) is 1.83. The molecule has 0 unspecified atom stereocenters. The van der Waals surface area contributed by atoms with E-state index in [1.165, 1.54) is 7.11 Å². The molecular formula is C12H12N2O2. The third-order valence-corrected chi connectivity index (χ3v) is 2.47. The highest BCUT2D eigenvalue weighted by molar-refractivity contribution is 5.94. The molecule has 0 saturated heterocycles. The third-order valence-electron chi connectivity index (χ3n) is 2.47. The van der Waals surface area contributed by atoms with Gasteiger partial charge in [-0.2, -0.15) is 0 Å². The van der Waals surface area contributed by atoms with Crippen molar-refractivity contribution < 1.29 is 9.53 Å². The van der Waals surface area contributed by atoms with Crippen LogP contribution < -0.4 is 5.73 Å². The summed E-state index contributed by atoms with van der Waals surface area (Å²) in [5.41, 5.74) is 6.59. The summed E-state index contributed by atoms with van der Waals surface area (Å²) >= 11 is 0. The number of anilines is 1. The average Bonchev–Trinajstić information content (AvgIpc) is 2.33. The number of nitrogen functional groups attached to an aromatic ring is 1. The highest BCUT2D eigenvalue weighted by atomic mass is 16.5. The fourth-order valence-electron chi connectivity index (χ4n) is 1.64. The number of rotatable bonds is 2. The van der Waals surface area contributed by atoms with Crippen LogP contribution in [0.25, 0.3) is 10.8 Å². The zero-order chi connectivity index (χ0) is 11.5. The van der Waals surface area contributed by atoms with Crippen molar-refractivity contribution in [1.82, 2.24) is 4.98 Å². The Morgan fingerprint density at radius 3 is 2.75 bits per heavy atom. The van der Waals surface area contributed by atoms with E-state index in [0.717, 1.165) is 16.3 Å². The van der Waals surface area contributed by atoms with E-state index in [9.17, 15) is 4.79 Å². The maximum absolute atomic E-state index is 11.2. The zero-order valence-corrected chi connectivity index (χ0v) is 8.93. The van der Waals surface area contributed by atoms with Crippen LogP contribution in [0.15, 0.2) is 30.5 Å². The first-order chi connectivity index (χ1) is 7.72. The molecular weight excluding hydrogens is 204 g/mol. The van der Waals surface area contributed by atoms with E-state index in [-0.39, 0.29) is 12.4 Å². The van der Waals surface area contributed by atoms with E-state index in [0.29, 0.717) is 5.82 Å². The Morgan fingerprint density at radius 1 is 1.38 bits per heavy atom. The van der Waals surface area contributed by atoms with Gasteiger partial charge < -0.3 is 10.5 Å². The first-order valence-electron chi connectivity index (χ1n) is 4.91. The number of nitrogens with two attached hydrogens (primary N) is 1. The van der Waals surface area contributed by atoms with Crippen molar-refractivity contribution >= 4 is 22.6 Å². The van der Waals surface area contributed by atoms with E-state index >= 15 is 0 Å². The quantitative estimate of drug-likeness (QED) is 0.773. The van der Waals surface area contributed by atoms with Gasteiger partial charge in [-0.25, -0.2) is 4.98 Å². The molecule has 4 nitrogen and oxygen atoms in total. The van der Waals surface area contributed by atoms with Gasteiger partial charge in [0, 0.05) is 11.6 Å². The minimum Gasteiger partial charge on any atom is -0.469 e. The lowest BCUT2D eigenvalue weighted by molar-refractivity contribution is -0.139. The van der Waals surface area contributed by atoms with Crippen LogP contribution in [0.3, 0.4) is 0 Å². The van der Waals surface area contributed by atoms with Crippen LogP contribution in [0.5, 0.6) is 0 Å². The number of esters is 1. The van der Waals surface area contributed by atoms with Crippen LogP contribution >= 0.6 is 0 Å². The number of carbonyl (C=O) groups is 1. The van der Waals surface area contributed by atoms with Gasteiger partial charge in [0.2, 0.25) is 0 Å². The Hall–Kier alpha value is -2.10. The maximum atomic E-state index is 11.2. The second-order valence-electron chi connectivity index (χ2n) is 3.47. The number of fused-ring (bicyclic) bond motifs is 1. The number of ether oxygens (including phenoxy) is 1. The zero-order valence-electron chi connectivity index (χ0n) is 8.93. The van der Waals surface area contributed by atoms with Crippen LogP contribution in [0.2, 0.25) is 0 Å². The second kappa shape index (κ2) is 4.18. The van der Waals surface area contributed by atoms with Crippen molar-refractivity contribution in [2.75, 3.05) is 12.8 Å². The Labute approximate surface area is 93.0 Å². The van der Waals surface area contributed by atoms with E-state index in [1.807, 2.05) is 24.3 Å². The van der Waals surface area contributed by atoms with Crippen molar-refractivity contribution in [3.63, 3.8) is 0 Å². The lowest BCUT2D eigenvalue weighted by atomic mass is 10.1. The molecule has 0 fully saturated rings. The van der Waals surface area contributed by atoms with Gasteiger partial charge in [-0.1, -0.05) is 24.3 Å². The topological polar surface area (TPSA) is 65.2 Å². The van der Waals surface area contributed by atoms with Gasteiger partial charge in [0.25, 0.3) is 0 Å². The average molecular weight is 216 g/mol. The molecule has 1 aromatic heterocycles. The highest BCUT2D eigenvalue weighted by Crippen LogP contribution is 2.22. The van der Waals surface area contributed by atoms with E-state index in [4.69, 9.17) is 5.73 Å². The molecule has 0 aliphatic heterocycles. The molecule has 1 heterocycles. The maximum Gasteiger partial charge on any atom is 0.310 e. The van der Waals surface area contributed by atoms with Crippen LogP contribution in [-0.2, 0) is 16.0 Å². The lowest BCUT2D eigenvalue weighted by Gasteiger charge is -2.06. The Morgan fingerprint density at radius 2 is 2.06 bits per heavy atom. The SMILES string of the molecule is COC(=O)Cc1cnc(N)c2ccccc12. The molecule has 2 rings (SSSR count). The number of nitrogens with zero attached hydrogens (tertiary/aromatic N) is 1. The molecule has 0 bridgehead atoms. The molecule has 1 aromatic carbocycles. The van der Waals surface area contributed by atoms with E-state index in [1.54, 1.807) is 6.20 Å². The molecule has 16 heavy (non-hydrogen) atoms. The minimum atomic E-state index is -0.281. The van der Waals surface area contributed by atoms with Gasteiger partial charge in [-0.15, -0.1) is 0 Å². The third kappa shape index (κ3) is 1.82. The monoisotopic (exact) mass is 216 g/mol. The molecule has 0 atom stereocenters. The van der Waals surface area contributed by atoms with Crippen molar-refractivity contribution in [1.29, 1.82) is 0 Å². The van der Waals surface area contributed by atoms with Crippen LogP contribution in [-0.4, -0.2) is 18.1 Å². The lowest BCUT2D eigenvalue weighted by Crippen LogP contribution is -2.06. The number of methoxy groups -OCH3 is 1. The number of pyridine rings is 1. The minimum absolute atomic E-state index is 0.213. The van der Waals surface area contributed by atoms with Crippen LogP contribution in [0, 0.1) is 0 Å². The molecule has 0 aliphatic carbocycles. The summed E-state index contributed by atoms with van der Waals surface area (Å²) in [4.78, 5) is 15.3. The largest absolute Gasteiger partial charge is 0.469 e. The smallest absolute Gasteiger partial charge is 0.310 e. The molecule has 0 amide bonds. The van der Waals surface area contributed by atoms with Crippen molar-refractivity contribution in [3.8, 4) is 0 Å². The molecule has 0 aliphatic rings. The summed E-state index contributed by atoms with van der Waals surface area (Å²) < 4.78 is 4.64. The number of hydrogen-bond donors (Lipinski definition) is 1. The fourth-order valence-corrected chi connectivity index (χ4v) is 1.64. The molecule has 82 valence electrons. The predicted octanol–water partition coefficient (Wildman–Crippen LogP) is 1.53. The summed E-state index contributed by atoms with van der Waals surface area (Å²) in [5, 5.41) is 1.81. The first kappa shape index (κ1) is 10.4. The Bertz CT molecular complexity index is 538. The van der Waals surface area contributed by atoms with E-state index < -0.39 is 0 Å². The highest BCUT2D eigenvalue weighted by Gasteiger charge is 2.08. The van der Waals surface area contributed by atoms with Gasteiger partial charge in [-0.3, -0.25) is 4.79 Å². The fraction of sp³-hybridized carbons (Fsp3) is 0.167.